The summed E-state index contributed by atoms with van der Waals surface area (Å²) in [7, 11) is 0. The third kappa shape index (κ3) is 3.76. The molecule has 0 N–H and O–H groups in total. The maximum Gasteiger partial charge on any atom is 0.253 e. The number of amides is 1. The Morgan fingerprint density at radius 3 is 3.04 bits per heavy atom. The van der Waals surface area contributed by atoms with Crippen molar-refractivity contribution in [3.8, 4) is 5.88 Å². The van der Waals surface area contributed by atoms with E-state index in [0.29, 0.717) is 25.2 Å². The van der Waals surface area contributed by atoms with Crippen LogP contribution >= 0.6 is 0 Å². The molecule has 0 radical (unpaired) electrons. The highest BCUT2D eigenvalue weighted by Gasteiger charge is 2.28. The van der Waals surface area contributed by atoms with Crippen molar-refractivity contribution in [2.75, 3.05) is 13.1 Å². The van der Waals surface area contributed by atoms with Gasteiger partial charge in [-0.3, -0.25) is 14.2 Å². The van der Waals surface area contributed by atoms with Gasteiger partial charge in [-0.25, -0.2) is 4.98 Å². The zero-order valence-electron chi connectivity index (χ0n) is 13.2. The van der Waals surface area contributed by atoms with Crippen LogP contribution < -0.4 is 10.3 Å². The fourth-order valence-corrected chi connectivity index (χ4v) is 2.56. The average molecular weight is 332 g/mol. The molecule has 0 bridgehead atoms. The molecule has 8 heteroatoms. The van der Waals surface area contributed by atoms with Crippen LogP contribution in [0.4, 0.5) is 4.39 Å². The molecule has 2 aromatic rings. The smallest absolute Gasteiger partial charge is 0.253 e. The van der Waals surface area contributed by atoms with Crippen LogP contribution in [-0.2, 0) is 11.3 Å². The van der Waals surface area contributed by atoms with Gasteiger partial charge in [0.1, 0.15) is 12.6 Å². The third-order valence-corrected chi connectivity index (χ3v) is 3.80. The number of hydrogen-bond donors (Lipinski definition) is 0. The van der Waals surface area contributed by atoms with Crippen LogP contribution in [0.15, 0.2) is 35.4 Å². The molecule has 2 aromatic heterocycles. The van der Waals surface area contributed by atoms with E-state index in [0.717, 1.165) is 0 Å². The Morgan fingerprint density at radius 1 is 1.46 bits per heavy atom. The Labute approximate surface area is 137 Å². The maximum atomic E-state index is 13.1. The van der Waals surface area contributed by atoms with Gasteiger partial charge in [0.05, 0.1) is 12.9 Å². The molecule has 3 rings (SSSR count). The summed E-state index contributed by atoms with van der Waals surface area (Å²) in [6, 6.07) is 5.72. The van der Waals surface area contributed by atoms with Crippen molar-refractivity contribution >= 4 is 5.91 Å². The number of nitrogens with zero attached hydrogens (tertiary/aromatic N) is 4. The molecule has 0 saturated carbocycles. The maximum absolute atomic E-state index is 13.1. The first-order valence-corrected chi connectivity index (χ1v) is 7.61. The van der Waals surface area contributed by atoms with Crippen molar-refractivity contribution in [2.45, 2.75) is 26.0 Å². The number of pyridine rings is 1. The van der Waals surface area contributed by atoms with Crippen molar-refractivity contribution in [2.24, 2.45) is 0 Å². The quantitative estimate of drug-likeness (QED) is 0.773. The first-order valence-electron chi connectivity index (χ1n) is 7.61. The van der Waals surface area contributed by atoms with Gasteiger partial charge in [0, 0.05) is 30.8 Å². The van der Waals surface area contributed by atoms with E-state index in [-0.39, 0.29) is 30.0 Å². The monoisotopic (exact) mass is 332 g/mol. The van der Waals surface area contributed by atoms with Crippen LogP contribution in [0.2, 0.25) is 0 Å². The van der Waals surface area contributed by atoms with Crippen LogP contribution in [-0.4, -0.2) is 44.5 Å². The van der Waals surface area contributed by atoms with Crippen molar-refractivity contribution in [1.82, 2.24) is 19.4 Å². The summed E-state index contributed by atoms with van der Waals surface area (Å²) >= 11 is 0. The minimum atomic E-state index is -0.607. The molecule has 0 aromatic carbocycles. The number of likely N-dealkylation sites (tertiary alicyclic amines) is 1. The van der Waals surface area contributed by atoms with Gasteiger partial charge >= 0.3 is 0 Å². The summed E-state index contributed by atoms with van der Waals surface area (Å²) in [6.45, 7) is 2.56. The van der Waals surface area contributed by atoms with Gasteiger partial charge in [0.25, 0.3) is 5.56 Å². The number of carbonyl (C=O) groups is 1. The highest BCUT2D eigenvalue weighted by molar-refractivity contribution is 5.76. The molecule has 1 aliphatic heterocycles. The van der Waals surface area contributed by atoms with Crippen molar-refractivity contribution in [3.05, 3.63) is 52.6 Å². The molecule has 0 spiro atoms. The zero-order chi connectivity index (χ0) is 17.1. The largest absolute Gasteiger partial charge is 0.472 e. The molecule has 126 valence electrons. The molecule has 24 heavy (non-hydrogen) atoms. The molecule has 1 aliphatic rings. The number of aryl methyl sites for hydroxylation is 1. The number of aromatic nitrogens is 3. The van der Waals surface area contributed by atoms with Gasteiger partial charge in [0.2, 0.25) is 17.7 Å². The Kier molecular flexibility index (Phi) is 4.54. The lowest BCUT2D eigenvalue weighted by atomic mass is 10.3. The molecular weight excluding hydrogens is 315 g/mol. The van der Waals surface area contributed by atoms with E-state index in [2.05, 4.69) is 9.97 Å². The van der Waals surface area contributed by atoms with E-state index in [1.54, 1.807) is 17.9 Å². The predicted octanol–water partition coefficient (Wildman–Crippen LogP) is 0.766. The lowest BCUT2D eigenvalue weighted by molar-refractivity contribution is -0.131. The first kappa shape index (κ1) is 16.1. The molecule has 3 heterocycles. The number of hydrogen-bond acceptors (Lipinski definition) is 5. The number of ether oxygens (including phenoxy) is 1. The molecular formula is C16H17FN4O3. The van der Waals surface area contributed by atoms with E-state index in [4.69, 9.17) is 4.74 Å². The zero-order valence-corrected chi connectivity index (χ0v) is 13.2. The van der Waals surface area contributed by atoms with Crippen molar-refractivity contribution in [1.29, 1.82) is 0 Å². The molecule has 1 fully saturated rings. The number of halogens is 1. The Balaban J connectivity index is 1.58. The predicted molar refractivity (Wildman–Crippen MR) is 83.0 cm³/mol. The number of rotatable bonds is 4. The summed E-state index contributed by atoms with van der Waals surface area (Å²) in [6.07, 6.45) is 1.76. The van der Waals surface area contributed by atoms with Crippen LogP contribution in [0.25, 0.3) is 0 Å². The standard InChI is InChI=1S/C16H17FN4O3/c1-11-7-15(22)21(10-18-11)9-16(23)20-6-5-12(8-20)24-14-4-2-3-13(17)19-14/h2-4,7,10,12H,5-6,8-9H2,1H3. The van der Waals surface area contributed by atoms with E-state index in [1.165, 1.54) is 29.1 Å². The van der Waals surface area contributed by atoms with E-state index < -0.39 is 5.95 Å². The first-order chi connectivity index (χ1) is 11.5. The van der Waals surface area contributed by atoms with E-state index in [1.807, 2.05) is 0 Å². The highest BCUT2D eigenvalue weighted by atomic mass is 19.1. The van der Waals surface area contributed by atoms with Crippen LogP contribution in [0.3, 0.4) is 0 Å². The van der Waals surface area contributed by atoms with Crippen LogP contribution in [0, 0.1) is 12.9 Å². The lowest BCUT2D eigenvalue weighted by Gasteiger charge is -2.17. The summed E-state index contributed by atoms with van der Waals surface area (Å²) in [5.74, 6) is -0.584. The molecule has 0 aliphatic carbocycles. The number of carbonyl (C=O) groups excluding carboxylic acids is 1. The Bertz CT molecular complexity index is 808. The van der Waals surface area contributed by atoms with Crippen LogP contribution in [0.5, 0.6) is 5.88 Å². The van der Waals surface area contributed by atoms with Crippen LogP contribution in [0.1, 0.15) is 12.1 Å². The highest BCUT2D eigenvalue weighted by Crippen LogP contribution is 2.17. The summed E-state index contributed by atoms with van der Waals surface area (Å²) in [5, 5.41) is 0. The average Bonchev–Trinajstić information content (AvgIpc) is 2.98. The molecule has 1 saturated heterocycles. The second-order valence-electron chi connectivity index (χ2n) is 5.66. The van der Waals surface area contributed by atoms with E-state index in [9.17, 15) is 14.0 Å². The second-order valence-corrected chi connectivity index (χ2v) is 5.66. The van der Waals surface area contributed by atoms with Gasteiger partial charge in [-0.15, -0.1) is 0 Å². The third-order valence-electron chi connectivity index (χ3n) is 3.80. The minimum Gasteiger partial charge on any atom is -0.472 e. The van der Waals surface area contributed by atoms with Gasteiger partial charge in [-0.05, 0) is 13.0 Å². The lowest BCUT2D eigenvalue weighted by Crippen LogP contribution is -2.36. The van der Waals surface area contributed by atoms with Crippen molar-refractivity contribution < 1.29 is 13.9 Å². The summed E-state index contributed by atoms with van der Waals surface area (Å²) in [4.78, 5) is 33.4. The SMILES string of the molecule is Cc1cc(=O)n(CC(=O)N2CCC(Oc3cccc(F)n3)C2)cn1. The molecule has 1 atom stereocenters. The second kappa shape index (κ2) is 6.77. The normalized spacial score (nSPS) is 17.1. The fourth-order valence-electron chi connectivity index (χ4n) is 2.56. The fraction of sp³-hybridized carbons (Fsp3) is 0.375. The molecule has 1 amide bonds. The minimum absolute atomic E-state index is 0.0585. The summed E-state index contributed by atoms with van der Waals surface area (Å²) < 4.78 is 19.9. The molecule has 1 unspecified atom stereocenters. The molecule has 7 nitrogen and oxygen atoms in total. The Hall–Kier alpha value is -2.77. The van der Waals surface area contributed by atoms with Gasteiger partial charge in [0.15, 0.2) is 0 Å². The van der Waals surface area contributed by atoms with Gasteiger partial charge in [-0.1, -0.05) is 6.07 Å². The van der Waals surface area contributed by atoms with Crippen molar-refractivity contribution in [3.63, 3.8) is 0 Å². The Morgan fingerprint density at radius 2 is 2.29 bits per heavy atom. The van der Waals surface area contributed by atoms with Gasteiger partial charge in [-0.2, -0.15) is 9.37 Å². The topological polar surface area (TPSA) is 77.3 Å². The summed E-state index contributed by atoms with van der Waals surface area (Å²) in [5.41, 5.74) is 0.354. The van der Waals surface area contributed by atoms with E-state index >= 15 is 0 Å². The van der Waals surface area contributed by atoms with Gasteiger partial charge < -0.3 is 9.64 Å².